The van der Waals surface area contributed by atoms with Crippen LogP contribution in [0.3, 0.4) is 0 Å². The van der Waals surface area contributed by atoms with Gasteiger partial charge in [0.2, 0.25) is 5.88 Å². The highest BCUT2D eigenvalue weighted by Gasteiger charge is 2.30. The second-order valence-corrected chi connectivity index (χ2v) is 7.60. The molecule has 0 saturated carbocycles. The summed E-state index contributed by atoms with van der Waals surface area (Å²) in [4.78, 5) is 10.7. The summed E-state index contributed by atoms with van der Waals surface area (Å²) in [6.45, 7) is 8.71. The van der Waals surface area contributed by atoms with Crippen molar-refractivity contribution in [2.24, 2.45) is 11.3 Å². The summed E-state index contributed by atoms with van der Waals surface area (Å²) in [6, 6.07) is 5.77. The summed E-state index contributed by atoms with van der Waals surface area (Å²) in [5.74, 6) is 1.88. The fraction of sp³-hybridized carbons (Fsp3) is 0.474. The first-order chi connectivity index (χ1) is 11.8. The van der Waals surface area contributed by atoms with Crippen LogP contribution in [0.4, 0.5) is 15.9 Å². The predicted molar refractivity (Wildman–Crippen MR) is 97.3 cm³/mol. The van der Waals surface area contributed by atoms with Crippen molar-refractivity contribution in [1.29, 1.82) is 0 Å². The third-order valence-corrected chi connectivity index (χ3v) is 4.87. The molecule has 1 aliphatic heterocycles. The second kappa shape index (κ2) is 6.86. The molecule has 1 fully saturated rings. The van der Waals surface area contributed by atoms with Gasteiger partial charge in [0.1, 0.15) is 23.6 Å². The summed E-state index contributed by atoms with van der Waals surface area (Å²) in [7, 11) is 0. The molecule has 5 nitrogen and oxygen atoms in total. The number of anilines is 2. The normalized spacial score (nSPS) is 16.1. The molecule has 6 heteroatoms. The molecule has 0 bridgehead atoms. The first-order valence-corrected chi connectivity index (χ1v) is 8.63. The summed E-state index contributed by atoms with van der Waals surface area (Å²) in [5, 5.41) is 0. The van der Waals surface area contributed by atoms with Crippen molar-refractivity contribution >= 4 is 11.5 Å². The predicted octanol–water partition coefficient (Wildman–Crippen LogP) is 4.25. The van der Waals surface area contributed by atoms with E-state index in [2.05, 4.69) is 35.6 Å². The van der Waals surface area contributed by atoms with Gasteiger partial charge in [-0.05, 0) is 48.4 Å². The van der Waals surface area contributed by atoms with E-state index in [-0.39, 0.29) is 5.82 Å². The third kappa shape index (κ3) is 4.00. The van der Waals surface area contributed by atoms with Gasteiger partial charge in [0.05, 0.1) is 0 Å². The molecular weight excluding hydrogens is 319 g/mol. The number of hydrogen-bond donors (Lipinski definition) is 1. The largest absolute Gasteiger partial charge is 0.437 e. The maximum absolute atomic E-state index is 13.0. The van der Waals surface area contributed by atoms with Crippen molar-refractivity contribution in [3.05, 3.63) is 36.4 Å². The van der Waals surface area contributed by atoms with E-state index >= 15 is 0 Å². The van der Waals surface area contributed by atoms with Crippen LogP contribution in [0.1, 0.15) is 33.6 Å². The number of rotatable bonds is 3. The molecule has 0 spiro atoms. The van der Waals surface area contributed by atoms with Crippen molar-refractivity contribution in [2.75, 3.05) is 23.7 Å². The van der Waals surface area contributed by atoms with Gasteiger partial charge in [-0.25, -0.2) is 9.37 Å². The zero-order chi connectivity index (χ0) is 18.0. The summed E-state index contributed by atoms with van der Waals surface area (Å²) in [6.07, 6.45) is 3.68. The summed E-state index contributed by atoms with van der Waals surface area (Å²) < 4.78 is 18.7. The molecule has 1 aromatic carbocycles. The van der Waals surface area contributed by atoms with Gasteiger partial charge in [-0.1, -0.05) is 20.8 Å². The number of aromatic nitrogens is 2. The Kier molecular flexibility index (Phi) is 4.79. The first kappa shape index (κ1) is 17.5. The maximum atomic E-state index is 13.0. The minimum Gasteiger partial charge on any atom is -0.437 e. The number of halogens is 1. The van der Waals surface area contributed by atoms with E-state index in [0.717, 1.165) is 25.9 Å². The molecule has 0 radical (unpaired) electrons. The van der Waals surface area contributed by atoms with Crippen molar-refractivity contribution in [1.82, 2.24) is 9.97 Å². The first-order valence-electron chi connectivity index (χ1n) is 8.63. The standard InChI is InChI=1S/C19H25FN4O/c1-19(2,3)13-8-10-24(11-9-13)17-16(21)18(23-12-22-17)25-15-6-4-14(20)5-7-15/h4-7,12-13H,8-11,21H2,1-3H3. The van der Waals surface area contributed by atoms with Gasteiger partial charge in [-0.15, -0.1) is 0 Å². The van der Waals surface area contributed by atoms with E-state index in [9.17, 15) is 4.39 Å². The summed E-state index contributed by atoms with van der Waals surface area (Å²) >= 11 is 0. The molecule has 2 aromatic rings. The van der Waals surface area contributed by atoms with Gasteiger partial charge >= 0.3 is 0 Å². The molecule has 0 aliphatic carbocycles. The highest BCUT2D eigenvalue weighted by Crippen LogP contribution is 2.38. The van der Waals surface area contributed by atoms with Gasteiger partial charge in [-0.3, -0.25) is 0 Å². The Morgan fingerprint density at radius 3 is 2.36 bits per heavy atom. The minimum absolute atomic E-state index is 0.301. The molecule has 1 saturated heterocycles. The Morgan fingerprint density at radius 2 is 1.76 bits per heavy atom. The molecule has 1 aromatic heterocycles. The quantitative estimate of drug-likeness (QED) is 0.901. The zero-order valence-corrected chi connectivity index (χ0v) is 15.0. The Bertz CT molecular complexity index is 719. The van der Waals surface area contributed by atoms with Crippen LogP contribution in [-0.4, -0.2) is 23.1 Å². The summed E-state index contributed by atoms with van der Waals surface area (Å²) in [5.41, 5.74) is 6.98. The highest BCUT2D eigenvalue weighted by atomic mass is 19.1. The van der Waals surface area contributed by atoms with Crippen LogP contribution in [0.25, 0.3) is 0 Å². The lowest BCUT2D eigenvalue weighted by Crippen LogP contribution is -2.38. The molecule has 3 rings (SSSR count). The SMILES string of the molecule is CC(C)(C)C1CCN(c2ncnc(Oc3ccc(F)cc3)c2N)CC1. The van der Waals surface area contributed by atoms with Gasteiger partial charge in [0.15, 0.2) is 5.82 Å². The van der Waals surface area contributed by atoms with Gasteiger partial charge in [-0.2, -0.15) is 4.98 Å². The van der Waals surface area contributed by atoms with Gasteiger partial charge < -0.3 is 15.4 Å². The second-order valence-electron chi connectivity index (χ2n) is 7.60. The third-order valence-electron chi connectivity index (χ3n) is 4.87. The Hall–Kier alpha value is -2.37. The van der Waals surface area contributed by atoms with E-state index in [1.54, 1.807) is 12.1 Å². The number of benzene rings is 1. The molecule has 1 aliphatic rings. The number of nitrogens with zero attached hydrogens (tertiary/aromatic N) is 3. The van der Waals surface area contributed by atoms with E-state index in [1.165, 1.54) is 18.5 Å². The number of hydrogen-bond acceptors (Lipinski definition) is 5. The molecule has 2 N–H and O–H groups in total. The van der Waals surface area contributed by atoms with Gasteiger partial charge in [0.25, 0.3) is 0 Å². The monoisotopic (exact) mass is 344 g/mol. The average molecular weight is 344 g/mol. The highest BCUT2D eigenvalue weighted by molar-refractivity contribution is 5.68. The van der Waals surface area contributed by atoms with Crippen LogP contribution in [0.15, 0.2) is 30.6 Å². The van der Waals surface area contributed by atoms with Crippen LogP contribution < -0.4 is 15.4 Å². The van der Waals surface area contributed by atoms with E-state index in [4.69, 9.17) is 10.5 Å². The number of piperidine rings is 1. The molecule has 25 heavy (non-hydrogen) atoms. The van der Waals surface area contributed by atoms with Crippen molar-refractivity contribution in [2.45, 2.75) is 33.6 Å². The molecule has 2 heterocycles. The number of ether oxygens (including phenoxy) is 1. The smallest absolute Gasteiger partial charge is 0.248 e. The molecular formula is C19H25FN4O. The van der Waals surface area contributed by atoms with Crippen LogP contribution in [-0.2, 0) is 0 Å². The van der Waals surface area contributed by atoms with Crippen LogP contribution in [0.2, 0.25) is 0 Å². The Balaban J connectivity index is 1.74. The lowest BCUT2D eigenvalue weighted by atomic mass is 9.75. The molecule has 0 amide bonds. The molecule has 0 unspecified atom stereocenters. The fourth-order valence-corrected chi connectivity index (χ4v) is 3.28. The maximum Gasteiger partial charge on any atom is 0.248 e. The van der Waals surface area contributed by atoms with Crippen LogP contribution >= 0.6 is 0 Å². The molecule has 134 valence electrons. The minimum atomic E-state index is -0.314. The topological polar surface area (TPSA) is 64.3 Å². The number of nitrogens with two attached hydrogens (primary N) is 1. The van der Waals surface area contributed by atoms with Crippen molar-refractivity contribution in [3.8, 4) is 11.6 Å². The Labute approximate surface area is 148 Å². The Morgan fingerprint density at radius 1 is 1.12 bits per heavy atom. The lowest BCUT2D eigenvalue weighted by molar-refractivity contribution is 0.198. The van der Waals surface area contributed by atoms with Gasteiger partial charge in [0, 0.05) is 13.1 Å². The lowest BCUT2D eigenvalue weighted by Gasteiger charge is -2.39. The van der Waals surface area contributed by atoms with E-state index in [0.29, 0.717) is 34.5 Å². The van der Waals surface area contributed by atoms with Crippen molar-refractivity contribution < 1.29 is 9.13 Å². The molecule has 0 atom stereocenters. The van der Waals surface area contributed by atoms with Crippen LogP contribution in [0, 0.1) is 17.2 Å². The van der Waals surface area contributed by atoms with E-state index < -0.39 is 0 Å². The zero-order valence-electron chi connectivity index (χ0n) is 15.0. The van der Waals surface area contributed by atoms with Crippen molar-refractivity contribution in [3.63, 3.8) is 0 Å². The van der Waals surface area contributed by atoms with E-state index in [1.807, 2.05) is 0 Å². The fourth-order valence-electron chi connectivity index (χ4n) is 3.28. The number of nitrogen functional groups attached to an aromatic ring is 1. The average Bonchev–Trinajstić information content (AvgIpc) is 2.58. The van der Waals surface area contributed by atoms with Crippen LogP contribution in [0.5, 0.6) is 11.6 Å².